The van der Waals surface area contributed by atoms with Crippen LogP contribution in [0.15, 0.2) is 4.99 Å². The van der Waals surface area contributed by atoms with Crippen molar-refractivity contribution < 1.29 is 9.47 Å². The van der Waals surface area contributed by atoms with Crippen molar-refractivity contribution in [3.8, 4) is 0 Å². The van der Waals surface area contributed by atoms with Gasteiger partial charge in [-0.05, 0) is 19.4 Å². The molecule has 7 heteroatoms. The first-order valence-electron chi connectivity index (χ1n) is 7.79. The van der Waals surface area contributed by atoms with Crippen LogP contribution in [-0.4, -0.2) is 78.1 Å². The van der Waals surface area contributed by atoms with Crippen molar-refractivity contribution in [2.24, 2.45) is 10.9 Å². The number of rotatable bonds is 12. The van der Waals surface area contributed by atoms with Crippen molar-refractivity contribution in [2.45, 2.75) is 20.3 Å². The zero-order valence-electron chi connectivity index (χ0n) is 14.9. The molecule has 0 spiro atoms. The highest BCUT2D eigenvalue weighted by Gasteiger charge is 2.00. The molecule has 134 valence electrons. The van der Waals surface area contributed by atoms with Crippen LogP contribution in [-0.2, 0) is 9.47 Å². The molecule has 0 heterocycles. The minimum absolute atomic E-state index is 0. The zero-order valence-corrected chi connectivity index (χ0v) is 17.2. The monoisotopic (exact) mass is 430 g/mol. The molecule has 0 aliphatic heterocycles. The van der Waals surface area contributed by atoms with Crippen LogP contribution in [0.5, 0.6) is 0 Å². The van der Waals surface area contributed by atoms with Crippen molar-refractivity contribution in [3.05, 3.63) is 0 Å². The molecule has 0 aromatic rings. The third-order valence-corrected chi connectivity index (χ3v) is 3.07. The number of aliphatic imine (C=N–C) groups is 1. The van der Waals surface area contributed by atoms with Crippen LogP contribution >= 0.6 is 24.0 Å². The van der Waals surface area contributed by atoms with Gasteiger partial charge in [0, 0.05) is 46.9 Å². The number of ether oxygens (including phenoxy) is 2. The lowest BCUT2D eigenvalue weighted by atomic mass is 10.1. The fraction of sp³-hybridized carbons (Fsp3) is 0.933. The number of hydrogen-bond donors (Lipinski definition) is 2. The predicted octanol–water partition coefficient (Wildman–Crippen LogP) is 1.41. The average Bonchev–Trinajstić information content (AvgIpc) is 2.46. The first-order valence-corrected chi connectivity index (χ1v) is 7.79. The second-order valence-corrected chi connectivity index (χ2v) is 5.52. The average molecular weight is 430 g/mol. The maximum Gasteiger partial charge on any atom is 0.191 e. The number of methoxy groups -OCH3 is 1. The fourth-order valence-electron chi connectivity index (χ4n) is 1.61. The van der Waals surface area contributed by atoms with E-state index in [4.69, 9.17) is 9.47 Å². The highest BCUT2D eigenvalue weighted by molar-refractivity contribution is 14.0. The molecule has 0 saturated carbocycles. The molecule has 0 amide bonds. The van der Waals surface area contributed by atoms with Gasteiger partial charge in [0.1, 0.15) is 0 Å². The highest BCUT2D eigenvalue weighted by atomic mass is 127. The van der Waals surface area contributed by atoms with Crippen molar-refractivity contribution >= 4 is 29.9 Å². The summed E-state index contributed by atoms with van der Waals surface area (Å²) in [5.74, 6) is 1.52. The largest absolute Gasteiger partial charge is 0.383 e. The van der Waals surface area contributed by atoms with E-state index in [2.05, 4.69) is 41.4 Å². The number of nitrogens with zero attached hydrogens (tertiary/aromatic N) is 2. The molecule has 2 N–H and O–H groups in total. The number of halogens is 1. The van der Waals surface area contributed by atoms with Gasteiger partial charge in [-0.1, -0.05) is 13.8 Å². The van der Waals surface area contributed by atoms with Crippen LogP contribution in [0, 0.1) is 5.92 Å². The van der Waals surface area contributed by atoms with Gasteiger partial charge in [0.2, 0.25) is 0 Å². The van der Waals surface area contributed by atoms with Crippen LogP contribution < -0.4 is 10.6 Å². The summed E-state index contributed by atoms with van der Waals surface area (Å²) in [7, 11) is 5.59. The van der Waals surface area contributed by atoms with Crippen LogP contribution in [0.3, 0.4) is 0 Å². The molecule has 22 heavy (non-hydrogen) atoms. The summed E-state index contributed by atoms with van der Waals surface area (Å²) in [6.07, 6.45) is 1.11. The predicted molar refractivity (Wildman–Crippen MR) is 104 cm³/mol. The molecule has 0 fully saturated rings. The molecule has 0 unspecified atom stereocenters. The second-order valence-electron chi connectivity index (χ2n) is 5.52. The summed E-state index contributed by atoms with van der Waals surface area (Å²) in [4.78, 5) is 6.41. The van der Waals surface area contributed by atoms with Crippen LogP contribution in [0.1, 0.15) is 20.3 Å². The molecule has 0 radical (unpaired) electrons. The second kappa shape index (κ2) is 17.2. The van der Waals surface area contributed by atoms with E-state index in [1.54, 1.807) is 14.2 Å². The lowest BCUT2D eigenvalue weighted by Gasteiger charge is -2.17. The van der Waals surface area contributed by atoms with Crippen LogP contribution in [0.25, 0.3) is 0 Å². The Kier molecular flexibility index (Phi) is 18.9. The van der Waals surface area contributed by atoms with Crippen LogP contribution in [0.4, 0.5) is 0 Å². The Hall–Kier alpha value is -0.120. The van der Waals surface area contributed by atoms with Gasteiger partial charge in [-0.25, -0.2) is 0 Å². The minimum atomic E-state index is 0. The van der Waals surface area contributed by atoms with Gasteiger partial charge in [-0.3, -0.25) is 4.99 Å². The number of likely N-dealkylation sites (N-methyl/N-ethyl adjacent to an activating group) is 1. The smallest absolute Gasteiger partial charge is 0.191 e. The summed E-state index contributed by atoms with van der Waals surface area (Å²) in [6.45, 7) is 10.2. The van der Waals surface area contributed by atoms with Crippen molar-refractivity contribution in [3.63, 3.8) is 0 Å². The van der Waals surface area contributed by atoms with E-state index in [0.29, 0.717) is 12.5 Å². The van der Waals surface area contributed by atoms with Gasteiger partial charge < -0.3 is 25.0 Å². The van der Waals surface area contributed by atoms with E-state index in [9.17, 15) is 0 Å². The van der Waals surface area contributed by atoms with Gasteiger partial charge in [-0.15, -0.1) is 24.0 Å². The fourth-order valence-corrected chi connectivity index (χ4v) is 1.61. The summed E-state index contributed by atoms with van der Waals surface area (Å²) >= 11 is 0. The first-order chi connectivity index (χ1) is 10.1. The molecule has 6 nitrogen and oxygen atoms in total. The van der Waals surface area contributed by atoms with Gasteiger partial charge in [0.25, 0.3) is 0 Å². The Labute approximate surface area is 153 Å². The van der Waals surface area contributed by atoms with Crippen molar-refractivity contribution in [1.29, 1.82) is 0 Å². The van der Waals surface area contributed by atoms with Gasteiger partial charge in [-0.2, -0.15) is 0 Å². The minimum Gasteiger partial charge on any atom is -0.383 e. The topological polar surface area (TPSA) is 58.1 Å². The van der Waals surface area contributed by atoms with E-state index in [1.165, 1.54) is 0 Å². The molecule has 0 aliphatic carbocycles. The molecular formula is C15H35IN4O2. The molecule has 0 rings (SSSR count). The van der Waals surface area contributed by atoms with E-state index >= 15 is 0 Å². The van der Waals surface area contributed by atoms with Crippen molar-refractivity contribution in [2.75, 3.05) is 67.2 Å². The highest BCUT2D eigenvalue weighted by Crippen LogP contribution is 1.98. The van der Waals surface area contributed by atoms with Crippen molar-refractivity contribution in [1.82, 2.24) is 15.5 Å². The third-order valence-electron chi connectivity index (χ3n) is 3.07. The summed E-state index contributed by atoms with van der Waals surface area (Å²) in [6, 6.07) is 0. The quantitative estimate of drug-likeness (QED) is 0.212. The van der Waals surface area contributed by atoms with Crippen LogP contribution in [0.2, 0.25) is 0 Å². The number of nitrogens with one attached hydrogen (secondary N) is 2. The third kappa shape index (κ3) is 16.3. The Balaban J connectivity index is 0. The number of guanidine groups is 1. The van der Waals surface area contributed by atoms with E-state index < -0.39 is 0 Å². The lowest BCUT2D eigenvalue weighted by Crippen LogP contribution is -2.42. The van der Waals surface area contributed by atoms with E-state index in [1.807, 2.05) is 0 Å². The van der Waals surface area contributed by atoms with E-state index in [0.717, 1.165) is 51.8 Å². The summed E-state index contributed by atoms with van der Waals surface area (Å²) in [5.41, 5.74) is 0. The molecule has 0 bridgehead atoms. The maximum absolute atomic E-state index is 5.56. The number of hydrogen-bond acceptors (Lipinski definition) is 4. The molecule has 0 aromatic heterocycles. The SMILES string of the molecule is CN=C(NCCOCCC(C)C)NCCN(C)CCOC.I. The first kappa shape index (κ1) is 24.1. The molecule has 0 aromatic carbocycles. The summed E-state index contributed by atoms with van der Waals surface area (Å²) in [5, 5.41) is 6.53. The zero-order chi connectivity index (χ0) is 15.9. The Morgan fingerprint density at radius 3 is 2.36 bits per heavy atom. The molecule has 0 saturated heterocycles. The van der Waals surface area contributed by atoms with Gasteiger partial charge >= 0.3 is 0 Å². The summed E-state index contributed by atoms with van der Waals surface area (Å²) < 4.78 is 10.6. The molecule has 0 aliphatic rings. The van der Waals surface area contributed by atoms with Gasteiger partial charge in [0.15, 0.2) is 5.96 Å². The standard InChI is InChI=1S/C15H34N4O2.HI/c1-14(2)6-11-21-12-8-18-15(16-3)17-7-9-19(4)10-13-20-5;/h14H,6-13H2,1-5H3,(H2,16,17,18);1H. The van der Waals surface area contributed by atoms with Gasteiger partial charge in [0.05, 0.1) is 13.2 Å². The Bertz CT molecular complexity index is 266. The molecular weight excluding hydrogens is 395 g/mol. The normalized spacial score (nSPS) is 11.7. The molecule has 0 atom stereocenters. The lowest BCUT2D eigenvalue weighted by molar-refractivity contribution is 0.128. The Morgan fingerprint density at radius 2 is 1.77 bits per heavy atom. The maximum atomic E-state index is 5.56. The van der Waals surface area contributed by atoms with E-state index in [-0.39, 0.29) is 24.0 Å². The Morgan fingerprint density at radius 1 is 1.09 bits per heavy atom.